The maximum atomic E-state index is 11.4. The Bertz CT molecular complexity index is 2820. The molecule has 0 spiro atoms. The lowest BCUT2D eigenvalue weighted by Crippen LogP contribution is -2.32. The van der Waals surface area contributed by atoms with Gasteiger partial charge in [-0.3, -0.25) is 0 Å². The fraction of sp³-hybridized carbons (Fsp3) is 0.265. The number of halogens is 3. The van der Waals surface area contributed by atoms with Crippen LogP contribution in [0.3, 0.4) is 0 Å². The van der Waals surface area contributed by atoms with Crippen molar-refractivity contribution >= 4 is 62.4 Å². The number of rotatable bonds is 17. The fourth-order valence-electron chi connectivity index (χ4n) is 6.58. The van der Waals surface area contributed by atoms with E-state index in [2.05, 4.69) is 59.1 Å². The van der Waals surface area contributed by atoms with Crippen molar-refractivity contribution in [2.45, 2.75) is 55.4 Å². The number of nitrogens with zero attached hydrogens (tertiary/aromatic N) is 7. The standard InChI is InChI=1S/C23H24ClN3O2.C13H13ClN2O4S.C13H13ClN2O2S/c1-28-20-11-9-18(10-12-20)16-29-22-15-21(24)25-23(26-22)27-13-5-8-19(27)14-17-6-3-2-4-7-17;1-19-10-5-3-9(4-6-10)8-20-12-7-11(14)15-13(16-12)21(2,17)18;1-17-10-5-3-9(4-6-10)8-18-12-7-11(14)15-13(16-12)19-2/h2-4,6-7,9-12,15,19H,5,8,13-14,16H2,1H3;3-7H,8H2,1-2H3;3-7H,8H2,1-2H3. The molecule has 1 unspecified atom stereocenters. The highest BCUT2D eigenvalue weighted by Gasteiger charge is 2.27. The van der Waals surface area contributed by atoms with Crippen LogP contribution in [0.15, 0.2) is 132 Å². The van der Waals surface area contributed by atoms with Crippen molar-refractivity contribution in [3.63, 3.8) is 0 Å². The van der Waals surface area contributed by atoms with Gasteiger partial charge in [0.2, 0.25) is 33.4 Å². The first kappa shape index (κ1) is 52.3. The molecule has 0 N–H and O–H groups in total. The minimum Gasteiger partial charge on any atom is -0.497 e. The summed E-state index contributed by atoms with van der Waals surface area (Å²) in [7, 11) is 1.33. The van der Waals surface area contributed by atoms with Gasteiger partial charge in [-0.25, -0.2) is 23.4 Å². The Morgan fingerprint density at radius 2 is 1.03 bits per heavy atom. The molecule has 0 radical (unpaired) electrons. The van der Waals surface area contributed by atoms with Crippen LogP contribution in [0.2, 0.25) is 15.5 Å². The molecule has 20 heteroatoms. The van der Waals surface area contributed by atoms with Crippen LogP contribution in [0.4, 0.5) is 5.95 Å². The molecule has 1 fully saturated rings. The number of hydrogen-bond acceptors (Lipinski definition) is 16. The molecule has 1 aliphatic heterocycles. The largest absolute Gasteiger partial charge is 0.497 e. The van der Waals surface area contributed by atoms with Crippen molar-refractivity contribution in [3.05, 3.63) is 159 Å². The van der Waals surface area contributed by atoms with Crippen LogP contribution in [-0.2, 0) is 36.1 Å². The van der Waals surface area contributed by atoms with Crippen molar-refractivity contribution in [1.82, 2.24) is 29.9 Å². The Labute approximate surface area is 421 Å². The second kappa shape index (κ2) is 26.0. The molecule has 1 aliphatic rings. The van der Waals surface area contributed by atoms with Gasteiger partial charge in [-0.2, -0.15) is 15.0 Å². The SMILES string of the molecule is COc1ccc(COc2cc(Cl)nc(N3CCCC3Cc3ccccc3)n2)cc1.COc1ccc(COc2cc(Cl)nc(S(C)(=O)=O)n2)cc1.COc1ccc(COc2cc(Cl)nc(SC)n2)cc1. The van der Waals surface area contributed by atoms with Crippen LogP contribution < -0.4 is 33.3 Å². The topological polar surface area (TPSA) is 170 Å². The predicted octanol–water partition coefficient (Wildman–Crippen LogP) is 10.5. The molecular formula is C49H50Cl3N7O8S2. The molecule has 15 nitrogen and oxygen atoms in total. The lowest BCUT2D eigenvalue weighted by Gasteiger charge is -2.25. The van der Waals surface area contributed by atoms with Crippen LogP contribution in [0, 0.1) is 0 Å². The summed E-state index contributed by atoms with van der Waals surface area (Å²) in [6.07, 6.45) is 6.10. The zero-order valence-electron chi connectivity index (χ0n) is 38.4. The smallest absolute Gasteiger partial charge is 0.251 e. The maximum Gasteiger partial charge on any atom is 0.251 e. The number of ether oxygens (including phenoxy) is 6. The van der Waals surface area contributed by atoms with Crippen LogP contribution in [-0.4, -0.2) is 84.7 Å². The zero-order chi connectivity index (χ0) is 49.2. The van der Waals surface area contributed by atoms with Crippen LogP contribution in [0.5, 0.6) is 34.9 Å². The lowest BCUT2D eigenvalue weighted by atomic mass is 10.0. The van der Waals surface area contributed by atoms with Crippen LogP contribution in [0.1, 0.15) is 35.1 Å². The van der Waals surface area contributed by atoms with Crippen molar-refractivity contribution < 1.29 is 36.8 Å². The van der Waals surface area contributed by atoms with Gasteiger partial charge in [-0.15, -0.1) is 0 Å². The summed E-state index contributed by atoms with van der Waals surface area (Å²) in [6, 6.07) is 38.2. The van der Waals surface area contributed by atoms with Crippen molar-refractivity contribution in [3.8, 4) is 34.9 Å². The van der Waals surface area contributed by atoms with E-state index in [0.29, 0.717) is 52.4 Å². The van der Waals surface area contributed by atoms with E-state index in [-0.39, 0.29) is 22.8 Å². The Morgan fingerprint density at radius 3 is 1.49 bits per heavy atom. The van der Waals surface area contributed by atoms with Gasteiger partial charge in [0.05, 0.1) is 21.3 Å². The summed E-state index contributed by atoms with van der Waals surface area (Å²) in [5.74, 6) is 4.08. The number of methoxy groups -OCH3 is 3. The summed E-state index contributed by atoms with van der Waals surface area (Å²) in [5.41, 5.74) is 4.26. The quantitative estimate of drug-likeness (QED) is 0.0479. The molecule has 69 heavy (non-hydrogen) atoms. The number of anilines is 1. The van der Waals surface area contributed by atoms with E-state index < -0.39 is 9.84 Å². The first-order valence-corrected chi connectivity index (χ1v) is 25.5. The van der Waals surface area contributed by atoms with E-state index in [4.69, 9.17) is 63.2 Å². The fourth-order valence-corrected chi connectivity index (χ4v) is 8.09. The van der Waals surface area contributed by atoms with Gasteiger partial charge in [0, 0.05) is 37.0 Å². The van der Waals surface area contributed by atoms with Gasteiger partial charge in [0.1, 0.15) is 52.5 Å². The number of hydrogen-bond donors (Lipinski definition) is 0. The van der Waals surface area contributed by atoms with E-state index in [9.17, 15) is 8.42 Å². The molecule has 0 amide bonds. The second-order valence-corrected chi connectivity index (χ2v) is 18.9. The Balaban J connectivity index is 0.000000175. The van der Waals surface area contributed by atoms with E-state index in [1.54, 1.807) is 45.6 Å². The monoisotopic (exact) mass is 1030 g/mol. The Morgan fingerprint density at radius 1 is 0.580 bits per heavy atom. The first-order chi connectivity index (χ1) is 33.3. The van der Waals surface area contributed by atoms with Crippen molar-refractivity contribution in [2.75, 3.05) is 45.3 Å². The molecule has 8 rings (SSSR count). The molecule has 0 bridgehead atoms. The third-order valence-corrected chi connectivity index (χ3v) is 12.0. The van der Waals surface area contributed by atoms with Gasteiger partial charge < -0.3 is 33.3 Å². The normalized spacial score (nSPS) is 13.0. The van der Waals surface area contributed by atoms with Gasteiger partial charge in [-0.05, 0) is 84.2 Å². The number of thioether (sulfide) groups is 1. The molecule has 1 saturated heterocycles. The number of aromatic nitrogens is 6. The average molecular weight is 1040 g/mol. The van der Waals surface area contributed by atoms with E-state index in [0.717, 1.165) is 66.0 Å². The summed E-state index contributed by atoms with van der Waals surface area (Å²) in [6.45, 7) is 1.98. The molecule has 7 aromatic rings. The van der Waals surface area contributed by atoms with Gasteiger partial charge in [0.15, 0.2) is 5.16 Å². The van der Waals surface area contributed by atoms with Gasteiger partial charge in [-0.1, -0.05) is 113 Å². The van der Waals surface area contributed by atoms with Crippen LogP contribution >= 0.6 is 46.6 Å². The van der Waals surface area contributed by atoms with Crippen LogP contribution in [0.25, 0.3) is 0 Å². The third-order valence-electron chi connectivity index (χ3n) is 10.1. The third kappa shape index (κ3) is 16.8. The minimum absolute atomic E-state index is 0.00940. The Kier molecular flexibility index (Phi) is 19.7. The molecule has 0 saturated carbocycles. The molecule has 4 aromatic carbocycles. The molecule has 0 aliphatic carbocycles. The Hall–Kier alpha value is -6.11. The van der Waals surface area contributed by atoms with Crippen molar-refractivity contribution in [1.29, 1.82) is 0 Å². The molecule has 362 valence electrons. The lowest BCUT2D eigenvalue weighted by molar-refractivity contribution is 0.290. The van der Waals surface area contributed by atoms with E-state index in [1.807, 2.05) is 73.0 Å². The van der Waals surface area contributed by atoms with Gasteiger partial charge >= 0.3 is 0 Å². The summed E-state index contributed by atoms with van der Waals surface area (Å²) in [4.78, 5) is 27.1. The highest BCUT2D eigenvalue weighted by molar-refractivity contribution is 7.98. The van der Waals surface area contributed by atoms with Crippen molar-refractivity contribution in [2.24, 2.45) is 0 Å². The maximum absolute atomic E-state index is 11.4. The first-order valence-electron chi connectivity index (χ1n) is 21.3. The number of benzene rings is 4. The summed E-state index contributed by atoms with van der Waals surface area (Å²) >= 11 is 19.4. The molecule has 3 aromatic heterocycles. The van der Waals surface area contributed by atoms with E-state index >= 15 is 0 Å². The molecule has 4 heterocycles. The highest BCUT2D eigenvalue weighted by Crippen LogP contribution is 2.29. The second-order valence-electron chi connectivity index (χ2n) is 15.0. The average Bonchev–Trinajstić information content (AvgIpc) is 3.83. The molecule has 1 atom stereocenters. The summed E-state index contributed by atoms with van der Waals surface area (Å²) in [5, 5.41) is 1.02. The predicted molar refractivity (Wildman–Crippen MR) is 269 cm³/mol. The molecular weight excluding hydrogens is 985 g/mol. The minimum atomic E-state index is -3.54. The zero-order valence-corrected chi connectivity index (χ0v) is 42.3. The van der Waals surface area contributed by atoms with Gasteiger partial charge in [0.25, 0.3) is 5.16 Å². The highest BCUT2D eigenvalue weighted by atomic mass is 35.5. The number of sulfone groups is 1. The summed E-state index contributed by atoms with van der Waals surface area (Å²) < 4.78 is 55.1. The van der Waals surface area contributed by atoms with E-state index in [1.165, 1.54) is 23.4 Å².